The third-order valence-electron chi connectivity index (χ3n) is 4.41. The highest BCUT2D eigenvalue weighted by atomic mass is 16.6. The molecule has 5 heteroatoms. The van der Waals surface area contributed by atoms with Gasteiger partial charge in [0.05, 0.1) is 18.4 Å². The van der Waals surface area contributed by atoms with Crippen LogP contribution in [0.2, 0.25) is 0 Å². The lowest BCUT2D eigenvalue weighted by Gasteiger charge is -2.19. The Kier molecular flexibility index (Phi) is 7.98. The first-order valence-electron chi connectivity index (χ1n) is 9.23. The molecule has 0 saturated heterocycles. The summed E-state index contributed by atoms with van der Waals surface area (Å²) in [6, 6.07) is 4.08. The van der Waals surface area contributed by atoms with E-state index in [4.69, 9.17) is 19.0 Å². The molecule has 0 radical (unpaired) electrons. The number of benzene rings is 1. The van der Waals surface area contributed by atoms with Crippen LogP contribution in [0, 0.1) is 13.8 Å². The van der Waals surface area contributed by atoms with Crippen LogP contribution in [0.3, 0.4) is 0 Å². The Hall–Kier alpha value is -2.01. The standard InChI is InChI=1S/C21H31NO4/c1-6-7-10-24-20-11-15(2)21(16(3)12-20)26-19-9-8-18(13-19)25-14-17(4)22-23-5/h6-7,11-12,18-19H,8-10,13-14H2,1-5H3/b7-6+,22-17+. The van der Waals surface area contributed by atoms with E-state index in [2.05, 4.69) is 19.0 Å². The molecule has 1 aliphatic carbocycles. The number of aryl methyl sites for hydroxylation is 2. The Morgan fingerprint density at radius 2 is 1.88 bits per heavy atom. The van der Waals surface area contributed by atoms with Gasteiger partial charge >= 0.3 is 0 Å². The molecule has 1 saturated carbocycles. The van der Waals surface area contributed by atoms with Crippen LogP contribution in [0.5, 0.6) is 11.5 Å². The molecule has 1 aromatic rings. The first kappa shape index (κ1) is 20.3. The van der Waals surface area contributed by atoms with Crippen molar-refractivity contribution in [2.75, 3.05) is 20.3 Å². The number of rotatable bonds is 9. The molecule has 2 atom stereocenters. The smallest absolute Gasteiger partial charge is 0.125 e. The number of oxime groups is 1. The zero-order chi connectivity index (χ0) is 18.9. The highest BCUT2D eigenvalue weighted by Gasteiger charge is 2.27. The molecule has 1 aliphatic rings. The quantitative estimate of drug-likeness (QED) is 0.366. The lowest BCUT2D eigenvalue weighted by Crippen LogP contribution is -2.18. The zero-order valence-electron chi connectivity index (χ0n) is 16.6. The van der Waals surface area contributed by atoms with E-state index in [1.54, 1.807) is 7.11 Å². The maximum atomic E-state index is 6.30. The molecule has 144 valence electrons. The molecule has 5 nitrogen and oxygen atoms in total. The highest BCUT2D eigenvalue weighted by molar-refractivity contribution is 5.82. The van der Waals surface area contributed by atoms with Crippen LogP contribution in [0.15, 0.2) is 29.4 Å². The van der Waals surface area contributed by atoms with Crippen LogP contribution in [0.4, 0.5) is 0 Å². The second kappa shape index (κ2) is 10.2. The average molecular weight is 361 g/mol. The van der Waals surface area contributed by atoms with Gasteiger partial charge in [-0.05, 0) is 63.8 Å². The fourth-order valence-corrected chi connectivity index (χ4v) is 3.17. The second-order valence-electron chi connectivity index (χ2n) is 6.76. The molecular weight excluding hydrogens is 330 g/mol. The fourth-order valence-electron chi connectivity index (χ4n) is 3.17. The third kappa shape index (κ3) is 6.06. The summed E-state index contributed by atoms with van der Waals surface area (Å²) in [5.74, 6) is 1.84. The molecule has 0 N–H and O–H groups in total. The van der Waals surface area contributed by atoms with Crippen LogP contribution in [0.1, 0.15) is 44.2 Å². The van der Waals surface area contributed by atoms with Crippen molar-refractivity contribution in [1.82, 2.24) is 0 Å². The van der Waals surface area contributed by atoms with E-state index < -0.39 is 0 Å². The number of hydrogen-bond acceptors (Lipinski definition) is 5. The molecule has 0 amide bonds. The van der Waals surface area contributed by atoms with Crippen molar-refractivity contribution in [3.05, 3.63) is 35.4 Å². The van der Waals surface area contributed by atoms with Crippen molar-refractivity contribution >= 4 is 5.71 Å². The van der Waals surface area contributed by atoms with Gasteiger partial charge in [0, 0.05) is 6.42 Å². The Morgan fingerprint density at radius 3 is 2.54 bits per heavy atom. The predicted molar refractivity (Wildman–Crippen MR) is 104 cm³/mol. The number of nitrogens with zero attached hydrogens (tertiary/aromatic N) is 1. The third-order valence-corrected chi connectivity index (χ3v) is 4.41. The molecule has 0 spiro atoms. The molecule has 0 heterocycles. The van der Waals surface area contributed by atoms with Crippen LogP contribution in [-0.2, 0) is 9.57 Å². The first-order valence-corrected chi connectivity index (χ1v) is 9.23. The normalized spacial score (nSPS) is 20.6. The van der Waals surface area contributed by atoms with E-state index >= 15 is 0 Å². The maximum absolute atomic E-state index is 6.30. The van der Waals surface area contributed by atoms with Crippen molar-refractivity contribution in [2.24, 2.45) is 5.16 Å². The van der Waals surface area contributed by atoms with Gasteiger partial charge in [0.15, 0.2) is 0 Å². The van der Waals surface area contributed by atoms with E-state index in [1.807, 2.05) is 38.1 Å². The minimum atomic E-state index is 0.187. The van der Waals surface area contributed by atoms with Gasteiger partial charge in [-0.15, -0.1) is 0 Å². The Bertz CT molecular complexity index is 616. The molecule has 1 aromatic carbocycles. The van der Waals surface area contributed by atoms with Gasteiger partial charge in [-0.3, -0.25) is 0 Å². The molecule has 0 aliphatic heterocycles. The first-order chi connectivity index (χ1) is 12.5. The summed E-state index contributed by atoms with van der Waals surface area (Å²) in [6.07, 6.45) is 7.29. The second-order valence-corrected chi connectivity index (χ2v) is 6.76. The van der Waals surface area contributed by atoms with Crippen molar-refractivity contribution in [3.8, 4) is 11.5 Å². The maximum Gasteiger partial charge on any atom is 0.125 e. The monoisotopic (exact) mass is 361 g/mol. The number of allylic oxidation sites excluding steroid dienone is 1. The van der Waals surface area contributed by atoms with E-state index in [0.717, 1.165) is 47.6 Å². The summed E-state index contributed by atoms with van der Waals surface area (Å²) in [5, 5.41) is 3.87. The summed E-state index contributed by atoms with van der Waals surface area (Å²) >= 11 is 0. The van der Waals surface area contributed by atoms with Gasteiger partial charge in [0.2, 0.25) is 0 Å². The van der Waals surface area contributed by atoms with Gasteiger partial charge in [0.25, 0.3) is 0 Å². The van der Waals surface area contributed by atoms with Gasteiger partial charge in [-0.1, -0.05) is 17.3 Å². The van der Waals surface area contributed by atoms with Gasteiger partial charge in [-0.25, -0.2) is 0 Å². The molecule has 26 heavy (non-hydrogen) atoms. The summed E-state index contributed by atoms with van der Waals surface area (Å²) < 4.78 is 17.9. The SMILES string of the molecule is C/C=C/COc1cc(C)c(OC2CCC(OC/C(C)=N/OC)C2)c(C)c1. The average Bonchev–Trinajstić information content (AvgIpc) is 3.04. The molecule has 0 aromatic heterocycles. The fraction of sp³-hybridized carbons (Fsp3) is 0.571. The molecule has 2 unspecified atom stereocenters. The van der Waals surface area contributed by atoms with Gasteiger partial charge in [0.1, 0.15) is 31.3 Å². The van der Waals surface area contributed by atoms with Gasteiger partial charge < -0.3 is 19.0 Å². The van der Waals surface area contributed by atoms with E-state index in [1.165, 1.54) is 0 Å². The topological polar surface area (TPSA) is 49.3 Å². The van der Waals surface area contributed by atoms with Crippen molar-refractivity contribution in [3.63, 3.8) is 0 Å². The number of ether oxygens (including phenoxy) is 3. The van der Waals surface area contributed by atoms with E-state index in [0.29, 0.717) is 13.2 Å². The molecule has 2 rings (SSSR count). The Balaban J connectivity index is 1.89. The minimum Gasteiger partial charge on any atom is -0.490 e. The van der Waals surface area contributed by atoms with E-state index in [9.17, 15) is 0 Å². The summed E-state index contributed by atoms with van der Waals surface area (Å²) in [7, 11) is 1.55. The van der Waals surface area contributed by atoms with Crippen molar-refractivity contribution in [1.29, 1.82) is 0 Å². The van der Waals surface area contributed by atoms with Gasteiger partial charge in [-0.2, -0.15) is 0 Å². The lowest BCUT2D eigenvalue weighted by molar-refractivity contribution is 0.0735. The number of hydrogen-bond donors (Lipinski definition) is 0. The highest BCUT2D eigenvalue weighted by Crippen LogP contribution is 2.33. The summed E-state index contributed by atoms with van der Waals surface area (Å²) in [5.41, 5.74) is 3.05. The summed E-state index contributed by atoms with van der Waals surface area (Å²) in [4.78, 5) is 4.76. The van der Waals surface area contributed by atoms with Crippen LogP contribution in [0.25, 0.3) is 0 Å². The van der Waals surface area contributed by atoms with Crippen LogP contribution in [-0.4, -0.2) is 38.2 Å². The van der Waals surface area contributed by atoms with E-state index in [-0.39, 0.29) is 12.2 Å². The molecular formula is C21H31NO4. The van der Waals surface area contributed by atoms with Crippen LogP contribution >= 0.6 is 0 Å². The molecule has 1 fully saturated rings. The minimum absolute atomic E-state index is 0.187. The lowest BCUT2D eigenvalue weighted by atomic mass is 10.1. The predicted octanol–water partition coefficient (Wildman–Crippen LogP) is 4.60. The Morgan fingerprint density at radius 1 is 1.19 bits per heavy atom. The largest absolute Gasteiger partial charge is 0.490 e. The van der Waals surface area contributed by atoms with Crippen LogP contribution < -0.4 is 9.47 Å². The van der Waals surface area contributed by atoms with Crippen molar-refractivity contribution < 1.29 is 19.0 Å². The molecule has 0 bridgehead atoms. The summed E-state index contributed by atoms with van der Waals surface area (Å²) in [6.45, 7) is 9.11. The van der Waals surface area contributed by atoms with Crippen molar-refractivity contribution in [2.45, 2.75) is 59.2 Å². The zero-order valence-corrected chi connectivity index (χ0v) is 16.6. The Labute approximate surface area is 157 Å².